The number of carbonyl (C=O) groups is 2. The summed E-state index contributed by atoms with van der Waals surface area (Å²) in [6.07, 6.45) is 3.90. The number of amides is 2. The van der Waals surface area contributed by atoms with Crippen molar-refractivity contribution in [3.05, 3.63) is 90.0 Å². The van der Waals surface area contributed by atoms with E-state index in [1.54, 1.807) is 15.9 Å². The molecule has 28 heavy (non-hydrogen) atoms. The van der Waals surface area contributed by atoms with E-state index in [1.165, 1.54) is 18.2 Å². The Morgan fingerprint density at radius 2 is 1.29 bits per heavy atom. The van der Waals surface area contributed by atoms with Gasteiger partial charge < -0.3 is 14.4 Å². The lowest BCUT2D eigenvalue weighted by Gasteiger charge is -2.35. The Morgan fingerprint density at radius 3 is 1.86 bits per heavy atom. The van der Waals surface area contributed by atoms with Gasteiger partial charge in [-0.1, -0.05) is 6.07 Å². The van der Waals surface area contributed by atoms with Crippen molar-refractivity contribution in [3.8, 4) is 5.69 Å². The molecule has 0 unspecified atom stereocenters. The van der Waals surface area contributed by atoms with Gasteiger partial charge in [0.15, 0.2) is 0 Å². The molecule has 1 aliphatic rings. The zero-order chi connectivity index (χ0) is 19.5. The summed E-state index contributed by atoms with van der Waals surface area (Å²) in [5, 5.41) is 0. The van der Waals surface area contributed by atoms with Crippen LogP contribution in [0.2, 0.25) is 0 Å². The first-order chi connectivity index (χ1) is 13.6. The van der Waals surface area contributed by atoms with E-state index in [0.29, 0.717) is 37.3 Å². The fraction of sp³-hybridized carbons (Fsp3) is 0.182. The second-order valence-corrected chi connectivity index (χ2v) is 6.73. The lowest BCUT2D eigenvalue weighted by Crippen LogP contribution is -2.50. The Balaban J connectivity index is 1.38. The van der Waals surface area contributed by atoms with Gasteiger partial charge in [-0.15, -0.1) is 0 Å². The van der Waals surface area contributed by atoms with E-state index >= 15 is 0 Å². The Bertz CT molecular complexity index is 975. The predicted molar refractivity (Wildman–Crippen MR) is 104 cm³/mol. The van der Waals surface area contributed by atoms with Crippen molar-refractivity contribution in [1.29, 1.82) is 0 Å². The molecule has 0 spiro atoms. The lowest BCUT2D eigenvalue weighted by molar-refractivity contribution is 0.0535. The van der Waals surface area contributed by atoms with Crippen LogP contribution in [0.25, 0.3) is 5.69 Å². The molecule has 5 nitrogen and oxygen atoms in total. The van der Waals surface area contributed by atoms with E-state index in [4.69, 9.17) is 0 Å². The molecule has 0 aliphatic carbocycles. The van der Waals surface area contributed by atoms with Crippen molar-refractivity contribution in [1.82, 2.24) is 14.4 Å². The number of halogens is 1. The topological polar surface area (TPSA) is 45.6 Å². The van der Waals surface area contributed by atoms with Crippen molar-refractivity contribution in [3.63, 3.8) is 0 Å². The highest BCUT2D eigenvalue weighted by Gasteiger charge is 2.25. The number of hydrogen-bond acceptors (Lipinski definition) is 2. The van der Waals surface area contributed by atoms with Crippen LogP contribution in [0.1, 0.15) is 20.7 Å². The Morgan fingerprint density at radius 1 is 0.714 bits per heavy atom. The SMILES string of the molecule is O=C(c1ccc(-n2cccc2)cc1)N1CCN(C(=O)c2cccc(F)c2)CC1. The number of rotatable bonds is 3. The van der Waals surface area contributed by atoms with Crippen LogP contribution in [0, 0.1) is 5.82 Å². The molecule has 1 aliphatic heterocycles. The molecule has 142 valence electrons. The maximum Gasteiger partial charge on any atom is 0.254 e. The van der Waals surface area contributed by atoms with E-state index in [-0.39, 0.29) is 11.8 Å². The number of aromatic nitrogens is 1. The van der Waals surface area contributed by atoms with Gasteiger partial charge in [-0.05, 0) is 54.6 Å². The highest BCUT2D eigenvalue weighted by Crippen LogP contribution is 2.15. The van der Waals surface area contributed by atoms with Gasteiger partial charge in [0, 0.05) is 55.4 Å². The zero-order valence-electron chi connectivity index (χ0n) is 15.3. The molecule has 0 radical (unpaired) electrons. The van der Waals surface area contributed by atoms with Crippen LogP contribution in [0.15, 0.2) is 73.1 Å². The number of benzene rings is 2. The highest BCUT2D eigenvalue weighted by atomic mass is 19.1. The van der Waals surface area contributed by atoms with Crippen molar-refractivity contribution in [2.75, 3.05) is 26.2 Å². The second kappa shape index (κ2) is 7.68. The normalized spacial score (nSPS) is 14.2. The van der Waals surface area contributed by atoms with Crippen LogP contribution in [0.3, 0.4) is 0 Å². The summed E-state index contributed by atoms with van der Waals surface area (Å²) in [5.74, 6) is -0.678. The monoisotopic (exact) mass is 377 g/mol. The van der Waals surface area contributed by atoms with Crippen molar-refractivity contribution in [2.45, 2.75) is 0 Å². The molecule has 2 heterocycles. The second-order valence-electron chi connectivity index (χ2n) is 6.73. The first-order valence-corrected chi connectivity index (χ1v) is 9.19. The molecule has 2 aromatic carbocycles. The molecule has 1 fully saturated rings. The fourth-order valence-electron chi connectivity index (χ4n) is 3.38. The zero-order valence-corrected chi connectivity index (χ0v) is 15.3. The maximum atomic E-state index is 13.3. The van der Waals surface area contributed by atoms with Crippen LogP contribution < -0.4 is 0 Å². The van der Waals surface area contributed by atoms with E-state index in [9.17, 15) is 14.0 Å². The molecular formula is C22H20FN3O2. The van der Waals surface area contributed by atoms with E-state index < -0.39 is 5.82 Å². The fourth-order valence-corrected chi connectivity index (χ4v) is 3.38. The van der Waals surface area contributed by atoms with E-state index in [2.05, 4.69) is 0 Å². The van der Waals surface area contributed by atoms with Gasteiger partial charge in [0.05, 0.1) is 0 Å². The molecule has 1 aromatic heterocycles. The van der Waals surface area contributed by atoms with Gasteiger partial charge in [0.2, 0.25) is 0 Å². The number of carbonyl (C=O) groups excluding carboxylic acids is 2. The third-order valence-corrected chi connectivity index (χ3v) is 4.94. The van der Waals surface area contributed by atoms with E-state index in [1.807, 2.05) is 53.4 Å². The van der Waals surface area contributed by atoms with E-state index in [0.717, 1.165) is 5.69 Å². The van der Waals surface area contributed by atoms with Crippen molar-refractivity contribution >= 4 is 11.8 Å². The van der Waals surface area contributed by atoms with Gasteiger partial charge in [0.25, 0.3) is 11.8 Å². The molecule has 0 saturated carbocycles. The summed E-state index contributed by atoms with van der Waals surface area (Å²) >= 11 is 0. The van der Waals surface area contributed by atoms with Crippen LogP contribution >= 0.6 is 0 Å². The maximum absolute atomic E-state index is 13.3. The molecule has 6 heteroatoms. The Kier molecular flexibility index (Phi) is 4.93. The molecule has 0 atom stereocenters. The van der Waals surface area contributed by atoms with Gasteiger partial charge in [-0.3, -0.25) is 9.59 Å². The van der Waals surface area contributed by atoms with Gasteiger partial charge >= 0.3 is 0 Å². The lowest BCUT2D eigenvalue weighted by atomic mass is 10.1. The minimum atomic E-state index is -0.428. The predicted octanol–water partition coefficient (Wildman–Crippen LogP) is 3.21. The smallest absolute Gasteiger partial charge is 0.254 e. The summed E-state index contributed by atoms with van der Waals surface area (Å²) in [6, 6.07) is 17.1. The molecule has 3 aromatic rings. The summed E-state index contributed by atoms with van der Waals surface area (Å²) in [7, 11) is 0. The van der Waals surface area contributed by atoms with Crippen molar-refractivity contribution < 1.29 is 14.0 Å². The van der Waals surface area contributed by atoms with Crippen LogP contribution in [0.4, 0.5) is 4.39 Å². The third-order valence-electron chi connectivity index (χ3n) is 4.94. The largest absolute Gasteiger partial charge is 0.335 e. The first kappa shape index (κ1) is 18.0. The summed E-state index contributed by atoms with van der Waals surface area (Å²) in [6.45, 7) is 1.78. The quantitative estimate of drug-likeness (QED) is 0.704. The van der Waals surface area contributed by atoms with Crippen LogP contribution in [0.5, 0.6) is 0 Å². The Labute approximate surface area is 162 Å². The summed E-state index contributed by atoms with van der Waals surface area (Å²) in [4.78, 5) is 28.7. The Hall–Kier alpha value is -3.41. The molecule has 0 bridgehead atoms. The molecule has 4 rings (SSSR count). The molecule has 0 N–H and O–H groups in total. The van der Waals surface area contributed by atoms with Gasteiger partial charge in [-0.2, -0.15) is 0 Å². The van der Waals surface area contributed by atoms with Crippen LogP contribution in [-0.2, 0) is 0 Å². The highest BCUT2D eigenvalue weighted by molar-refractivity contribution is 5.96. The van der Waals surface area contributed by atoms with Gasteiger partial charge in [-0.25, -0.2) is 4.39 Å². The van der Waals surface area contributed by atoms with Crippen molar-refractivity contribution in [2.24, 2.45) is 0 Å². The first-order valence-electron chi connectivity index (χ1n) is 9.19. The minimum Gasteiger partial charge on any atom is -0.335 e. The molecule has 1 saturated heterocycles. The standard InChI is InChI=1S/C22H20FN3O2/c23-19-5-3-4-18(16-19)22(28)26-14-12-25(13-15-26)21(27)17-6-8-20(9-7-17)24-10-1-2-11-24/h1-11,16H,12-15H2. The summed E-state index contributed by atoms with van der Waals surface area (Å²) in [5.41, 5.74) is 1.95. The van der Waals surface area contributed by atoms with Gasteiger partial charge in [0.1, 0.15) is 5.82 Å². The number of hydrogen-bond donors (Lipinski definition) is 0. The molecular weight excluding hydrogens is 357 g/mol. The minimum absolute atomic E-state index is 0.0445. The third kappa shape index (κ3) is 3.67. The average molecular weight is 377 g/mol. The number of nitrogens with zero attached hydrogens (tertiary/aromatic N) is 3. The average Bonchev–Trinajstić information content (AvgIpc) is 3.28. The molecule has 2 amide bonds. The van der Waals surface area contributed by atoms with Crippen LogP contribution in [-0.4, -0.2) is 52.4 Å². The summed E-state index contributed by atoms with van der Waals surface area (Å²) < 4.78 is 15.3. The number of piperazine rings is 1.